The number of hydrogen-bond donors (Lipinski definition) is 1. The largest absolute Gasteiger partial charge is 0.456 e. The SMILES string of the molecule is C/C=C\C=C/c1cn(-c2ccc(NC(=Nc3ccccc3)c3ccc(-c4ncccn4)cc3)cc2)c2ccc(C3=c4oc5c(c4=CC=CC3)CC=CC=C5)cc12. The molecule has 0 spiro atoms. The van der Waals surface area contributed by atoms with Gasteiger partial charge in [-0.25, -0.2) is 15.0 Å². The predicted octanol–water partition coefficient (Wildman–Crippen LogP) is 10.5. The number of rotatable bonds is 8. The molecule has 0 fully saturated rings. The smallest absolute Gasteiger partial charge is 0.159 e. The summed E-state index contributed by atoms with van der Waals surface area (Å²) >= 11 is 0. The van der Waals surface area contributed by atoms with Gasteiger partial charge in [-0.2, -0.15) is 0 Å². The molecule has 0 aliphatic heterocycles. The fourth-order valence-corrected chi connectivity index (χ4v) is 7.26. The molecule has 2 aliphatic rings. The van der Waals surface area contributed by atoms with Crippen molar-refractivity contribution in [3.05, 3.63) is 209 Å². The predicted molar refractivity (Wildman–Crippen MR) is 231 cm³/mol. The summed E-state index contributed by atoms with van der Waals surface area (Å²) in [7, 11) is 0. The molecule has 0 saturated heterocycles. The lowest BCUT2D eigenvalue weighted by atomic mass is 9.99. The number of aliphatic imine (C=N–C) groups is 1. The molecule has 4 aromatic carbocycles. The van der Waals surface area contributed by atoms with Crippen molar-refractivity contribution < 1.29 is 4.42 Å². The van der Waals surface area contributed by atoms with Crippen LogP contribution in [0.3, 0.4) is 0 Å². The summed E-state index contributed by atoms with van der Waals surface area (Å²) in [6.07, 6.45) is 30.8. The first kappa shape index (κ1) is 34.5. The zero-order valence-electron chi connectivity index (χ0n) is 31.0. The highest BCUT2D eigenvalue weighted by atomic mass is 16.3. The van der Waals surface area contributed by atoms with E-state index in [0.717, 1.165) is 74.7 Å². The maximum Gasteiger partial charge on any atom is 0.159 e. The van der Waals surface area contributed by atoms with Crippen LogP contribution in [0.15, 0.2) is 180 Å². The van der Waals surface area contributed by atoms with Crippen LogP contribution in [0.4, 0.5) is 11.4 Å². The van der Waals surface area contributed by atoms with E-state index in [4.69, 9.17) is 9.41 Å². The molecule has 0 amide bonds. The summed E-state index contributed by atoms with van der Waals surface area (Å²) in [6, 6.07) is 35.3. The minimum Gasteiger partial charge on any atom is -0.456 e. The normalized spacial score (nSPS) is 13.9. The van der Waals surface area contributed by atoms with Gasteiger partial charge in [0.2, 0.25) is 0 Å². The van der Waals surface area contributed by atoms with Gasteiger partial charge in [-0.1, -0.05) is 109 Å². The molecule has 270 valence electrons. The van der Waals surface area contributed by atoms with Crippen LogP contribution < -0.4 is 16.0 Å². The molecule has 6 nitrogen and oxygen atoms in total. The molecule has 2 aliphatic carbocycles. The molecule has 6 heteroatoms. The number of para-hydroxylation sites is 1. The number of anilines is 1. The van der Waals surface area contributed by atoms with E-state index < -0.39 is 0 Å². The molecular weight excluding hydrogens is 687 g/mol. The molecule has 56 heavy (non-hydrogen) atoms. The molecule has 0 unspecified atom stereocenters. The lowest BCUT2D eigenvalue weighted by Crippen LogP contribution is -2.25. The fraction of sp³-hybridized carbons (Fsp3) is 0.0600. The Morgan fingerprint density at radius 1 is 0.804 bits per heavy atom. The minimum absolute atomic E-state index is 0.688. The van der Waals surface area contributed by atoms with Gasteiger partial charge in [0.1, 0.15) is 17.0 Å². The van der Waals surface area contributed by atoms with Crippen molar-refractivity contribution in [1.29, 1.82) is 0 Å². The van der Waals surface area contributed by atoms with Crippen LogP contribution in [0.1, 0.15) is 41.4 Å². The summed E-state index contributed by atoms with van der Waals surface area (Å²) in [4.78, 5) is 13.8. The Hall–Kier alpha value is -7.31. The first-order chi connectivity index (χ1) is 27.7. The number of amidine groups is 1. The van der Waals surface area contributed by atoms with E-state index in [1.807, 2.05) is 61.5 Å². The Morgan fingerprint density at radius 3 is 2.43 bits per heavy atom. The topological polar surface area (TPSA) is 68.2 Å². The van der Waals surface area contributed by atoms with Crippen LogP contribution in [0, 0.1) is 0 Å². The Labute approximate surface area is 325 Å². The number of nitrogens with one attached hydrogen (secondary N) is 1. The van der Waals surface area contributed by atoms with E-state index in [1.54, 1.807) is 12.4 Å². The van der Waals surface area contributed by atoms with E-state index in [2.05, 4.69) is 141 Å². The standard InChI is InChI=1S/C50H39N5O/c1-2-3-6-14-38-34-55(46-30-25-37(33-45(38)46)42-17-11-12-19-44-43-18-9-5-10-20-47(43)56-48(42)44)41-28-26-40(27-29-41)54-50(53-39-15-7-4-8-16-39)36-23-21-35(22-24-36)49-51-31-13-32-52-49/h2-16,19-34H,17-18H2,1H3,(H,53,54)/b3-2-,14-6-. The highest BCUT2D eigenvalue weighted by Crippen LogP contribution is 2.31. The quantitative estimate of drug-likeness (QED) is 0.0962. The average molecular weight is 726 g/mol. The third-order valence-corrected chi connectivity index (χ3v) is 10.0. The second kappa shape index (κ2) is 15.6. The third-order valence-electron chi connectivity index (χ3n) is 10.0. The summed E-state index contributed by atoms with van der Waals surface area (Å²) in [5.41, 5.74) is 11.6. The molecule has 7 aromatic rings. The van der Waals surface area contributed by atoms with E-state index in [1.165, 1.54) is 21.7 Å². The van der Waals surface area contributed by atoms with Gasteiger partial charge in [0.15, 0.2) is 5.82 Å². The number of nitrogens with zero attached hydrogens (tertiary/aromatic N) is 4. The Bertz CT molecular complexity index is 2850. The molecule has 0 atom stereocenters. The summed E-state index contributed by atoms with van der Waals surface area (Å²) < 4.78 is 8.86. The van der Waals surface area contributed by atoms with E-state index in [0.29, 0.717) is 5.82 Å². The van der Waals surface area contributed by atoms with Crippen molar-refractivity contribution >= 4 is 51.9 Å². The molecule has 1 N–H and O–H groups in total. The number of benzene rings is 4. The first-order valence-electron chi connectivity index (χ1n) is 18.9. The van der Waals surface area contributed by atoms with Gasteiger partial charge >= 0.3 is 0 Å². The minimum atomic E-state index is 0.688. The highest BCUT2D eigenvalue weighted by Gasteiger charge is 2.17. The third kappa shape index (κ3) is 7.04. The number of furan rings is 1. The summed E-state index contributed by atoms with van der Waals surface area (Å²) in [6.45, 7) is 2.03. The molecular formula is C50H39N5O. The monoisotopic (exact) mass is 725 g/mol. The van der Waals surface area contributed by atoms with Crippen molar-refractivity contribution in [2.75, 3.05) is 5.32 Å². The van der Waals surface area contributed by atoms with Gasteiger partial charge in [-0.3, -0.25) is 0 Å². The second-order valence-corrected chi connectivity index (χ2v) is 13.6. The molecule has 0 bridgehead atoms. The Balaban J connectivity index is 1.07. The van der Waals surface area contributed by atoms with Crippen LogP contribution in [-0.4, -0.2) is 20.4 Å². The molecule has 9 rings (SSSR count). The van der Waals surface area contributed by atoms with Crippen molar-refractivity contribution in [3.63, 3.8) is 0 Å². The lowest BCUT2D eigenvalue weighted by Gasteiger charge is -2.13. The van der Waals surface area contributed by atoms with Crippen molar-refractivity contribution in [2.24, 2.45) is 4.99 Å². The van der Waals surface area contributed by atoms with E-state index in [-0.39, 0.29) is 0 Å². The van der Waals surface area contributed by atoms with Gasteiger partial charge in [-0.05, 0) is 86.0 Å². The van der Waals surface area contributed by atoms with Gasteiger partial charge in [-0.15, -0.1) is 0 Å². The molecule has 0 radical (unpaired) electrons. The lowest BCUT2D eigenvalue weighted by molar-refractivity contribution is 0.517. The van der Waals surface area contributed by atoms with E-state index >= 15 is 0 Å². The number of fused-ring (bicyclic) bond motifs is 4. The second-order valence-electron chi connectivity index (χ2n) is 13.6. The van der Waals surface area contributed by atoms with Gasteiger partial charge in [0, 0.05) is 68.4 Å². The van der Waals surface area contributed by atoms with Crippen molar-refractivity contribution in [2.45, 2.75) is 19.8 Å². The van der Waals surface area contributed by atoms with Crippen LogP contribution in [0.2, 0.25) is 0 Å². The van der Waals surface area contributed by atoms with Gasteiger partial charge < -0.3 is 14.3 Å². The first-order valence-corrected chi connectivity index (χ1v) is 18.9. The number of allylic oxidation sites excluding steroid dienone is 8. The molecule has 3 heterocycles. The van der Waals surface area contributed by atoms with Crippen LogP contribution in [0.25, 0.3) is 51.8 Å². The van der Waals surface area contributed by atoms with Crippen LogP contribution in [-0.2, 0) is 6.42 Å². The Morgan fingerprint density at radius 2 is 1.61 bits per heavy atom. The van der Waals surface area contributed by atoms with Crippen LogP contribution >= 0.6 is 0 Å². The van der Waals surface area contributed by atoms with Gasteiger partial charge in [0.25, 0.3) is 0 Å². The summed E-state index contributed by atoms with van der Waals surface area (Å²) in [5, 5.41) is 5.95. The number of hydrogen-bond acceptors (Lipinski definition) is 4. The maximum absolute atomic E-state index is 6.59. The van der Waals surface area contributed by atoms with Crippen LogP contribution in [0.5, 0.6) is 0 Å². The van der Waals surface area contributed by atoms with Crippen molar-refractivity contribution in [1.82, 2.24) is 14.5 Å². The maximum atomic E-state index is 6.59. The van der Waals surface area contributed by atoms with Gasteiger partial charge in [0.05, 0.1) is 11.2 Å². The number of aromatic nitrogens is 3. The average Bonchev–Trinajstić information content (AvgIpc) is 3.57. The zero-order valence-corrected chi connectivity index (χ0v) is 31.0. The Kier molecular flexibility index (Phi) is 9.59. The summed E-state index contributed by atoms with van der Waals surface area (Å²) in [5.74, 6) is 2.37. The molecule has 0 saturated carbocycles. The zero-order chi connectivity index (χ0) is 37.7. The molecule has 3 aromatic heterocycles. The van der Waals surface area contributed by atoms with Crippen molar-refractivity contribution in [3.8, 4) is 17.1 Å². The van der Waals surface area contributed by atoms with E-state index in [9.17, 15) is 0 Å². The highest BCUT2D eigenvalue weighted by molar-refractivity contribution is 6.09. The fourth-order valence-electron chi connectivity index (χ4n) is 7.26.